The van der Waals surface area contributed by atoms with Gasteiger partial charge < -0.3 is 4.57 Å². The normalized spacial score (nSPS) is 19.2. The van der Waals surface area contributed by atoms with Crippen LogP contribution in [0, 0.1) is 12.3 Å². The van der Waals surface area contributed by atoms with Gasteiger partial charge in [0.25, 0.3) is 0 Å². The maximum absolute atomic E-state index is 7.81. The van der Waals surface area contributed by atoms with E-state index in [9.17, 15) is 0 Å². The average molecular weight is 196 g/mol. The van der Waals surface area contributed by atoms with Crippen LogP contribution in [0.3, 0.4) is 0 Å². The second kappa shape index (κ2) is 3.66. The zero-order valence-electron chi connectivity index (χ0n) is 8.05. The van der Waals surface area contributed by atoms with E-state index in [0.717, 1.165) is 4.80 Å². The summed E-state index contributed by atoms with van der Waals surface area (Å²) in [6.45, 7) is 2.11. The predicted molar refractivity (Wildman–Crippen MR) is 55.0 cm³/mol. The number of rotatable bonds is 1. The maximum atomic E-state index is 7.81. The molecule has 3 heteroatoms. The Hall–Kier alpha value is -0.570. The van der Waals surface area contributed by atoms with Gasteiger partial charge in [-0.1, -0.05) is 19.3 Å². The molecule has 1 aliphatic rings. The van der Waals surface area contributed by atoms with Gasteiger partial charge in [-0.15, -0.1) is 11.3 Å². The van der Waals surface area contributed by atoms with Gasteiger partial charge >= 0.3 is 0 Å². The van der Waals surface area contributed by atoms with Crippen molar-refractivity contribution in [2.45, 2.75) is 45.1 Å². The lowest BCUT2D eigenvalue weighted by molar-refractivity contribution is 0.343. The molecule has 1 fully saturated rings. The lowest BCUT2D eigenvalue weighted by Gasteiger charge is -2.24. The summed E-state index contributed by atoms with van der Waals surface area (Å²) >= 11 is 1.55. The fourth-order valence-corrected chi connectivity index (χ4v) is 3.01. The molecule has 0 unspecified atom stereocenters. The van der Waals surface area contributed by atoms with Gasteiger partial charge in [0.2, 0.25) is 0 Å². The Balaban J connectivity index is 2.27. The van der Waals surface area contributed by atoms with Crippen molar-refractivity contribution in [1.29, 1.82) is 5.41 Å². The first-order chi connectivity index (χ1) is 6.29. The Labute approximate surface area is 82.7 Å². The first kappa shape index (κ1) is 9.00. The zero-order valence-corrected chi connectivity index (χ0v) is 8.86. The molecule has 0 atom stereocenters. The third-order valence-corrected chi connectivity index (χ3v) is 3.76. The van der Waals surface area contributed by atoms with E-state index < -0.39 is 0 Å². The summed E-state index contributed by atoms with van der Waals surface area (Å²) in [5.41, 5.74) is 1.27. The minimum absolute atomic E-state index is 0.618. The van der Waals surface area contributed by atoms with Gasteiger partial charge in [-0.05, 0) is 19.8 Å². The highest BCUT2D eigenvalue weighted by molar-refractivity contribution is 7.07. The molecule has 1 saturated carbocycles. The fourth-order valence-electron chi connectivity index (χ4n) is 2.21. The van der Waals surface area contributed by atoms with Gasteiger partial charge in [-0.3, -0.25) is 5.41 Å². The first-order valence-electron chi connectivity index (χ1n) is 5.00. The maximum Gasteiger partial charge on any atom is 0.182 e. The van der Waals surface area contributed by atoms with E-state index in [-0.39, 0.29) is 0 Å². The van der Waals surface area contributed by atoms with E-state index in [2.05, 4.69) is 16.9 Å². The molecule has 0 saturated heterocycles. The number of aryl methyl sites for hydroxylation is 1. The third-order valence-electron chi connectivity index (χ3n) is 2.88. The van der Waals surface area contributed by atoms with Crippen LogP contribution in [-0.4, -0.2) is 4.57 Å². The Bertz CT molecular complexity index is 331. The van der Waals surface area contributed by atoms with Crippen LogP contribution in [0.5, 0.6) is 0 Å². The van der Waals surface area contributed by atoms with E-state index in [1.54, 1.807) is 11.3 Å². The smallest absolute Gasteiger partial charge is 0.182 e. The molecule has 1 aromatic heterocycles. The van der Waals surface area contributed by atoms with Crippen LogP contribution in [0.15, 0.2) is 5.38 Å². The van der Waals surface area contributed by atoms with Crippen LogP contribution in [0.25, 0.3) is 0 Å². The van der Waals surface area contributed by atoms with Crippen LogP contribution < -0.4 is 4.80 Å². The highest BCUT2D eigenvalue weighted by Gasteiger charge is 2.16. The third kappa shape index (κ3) is 1.70. The second-order valence-electron chi connectivity index (χ2n) is 3.84. The Morgan fingerprint density at radius 3 is 2.62 bits per heavy atom. The zero-order chi connectivity index (χ0) is 9.26. The molecule has 13 heavy (non-hydrogen) atoms. The summed E-state index contributed by atoms with van der Waals surface area (Å²) in [6.07, 6.45) is 6.61. The van der Waals surface area contributed by atoms with Gasteiger partial charge in [0.05, 0.1) is 0 Å². The molecule has 0 radical (unpaired) electrons. The number of aromatic nitrogens is 1. The molecule has 0 bridgehead atoms. The average Bonchev–Trinajstić information content (AvgIpc) is 2.48. The summed E-state index contributed by atoms with van der Waals surface area (Å²) < 4.78 is 2.21. The summed E-state index contributed by atoms with van der Waals surface area (Å²) in [7, 11) is 0. The summed E-state index contributed by atoms with van der Waals surface area (Å²) in [5.74, 6) is 0. The van der Waals surface area contributed by atoms with Crippen LogP contribution in [0.2, 0.25) is 0 Å². The largest absolute Gasteiger partial charge is 0.319 e. The summed E-state index contributed by atoms with van der Waals surface area (Å²) in [5, 5.41) is 9.90. The summed E-state index contributed by atoms with van der Waals surface area (Å²) in [4.78, 5) is 0.726. The van der Waals surface area contributed by atoms with Crippen molar-refractivity contribution >= 4 is 11.3 Å². The van der Waals surface area contributed by atoms with Gasteiger partial charge in [-0.2, -0.15) is 0 Å². The molecular weight excluding hydrogens is 180 g/mol. The van der Waals surface area contributed by atoms with Crippen molar-refractivity contribution in [1.82, 2.24) is 4.57 Å². The van der Waals surface area contributed by atoms with Gasteiger partial charge in [0, 0.05) is 17.1 Å². The van der Waals surface area contributed by atoms with E-state index >= 15 is 0 Å². The Morgan fingerprint density at radius 1 is 1.38 bits per heavy atom. The number of hydrogen-bond donors (Lipinski definition) is 1. The SMILES string of the molecule is Cc1csc(=N)n1C1CCCCC1. The van der Waals surface area contributed by atoms with Gasteiger partial charge in [-0.25, -0.2) is 0 Å². The van der Waals surface area contributed by atoms with E-state index in [4.69, 9.17) is 5.41 Å². The number of nitrogens with one attached hydrogen (secondary N) is 1. The number of nitrogens with zero attached hydrogens (tertiary/aromatic N) is 1. The number of hydrogen-bond acceptors (Lipinski definition) is 2. The molecule has 0 spiro atoms. The van der Waals surface area contributed by atoms with E-state index in [1.165, 1.54) is 37.8 Å². The second-order valence-corrected chi connectivity index (χ2v) is 4.70. The lowest BCUT2D eigenvalue weighted by Crippen LogP contribution is -2.22. The molecule has 72 valence electrons. The van der Waals surface area contributed by atoms with Crippen LogP contribution >= 0.6 is 11.3 Å². The van der Waals surface area contributed by atoms with Crippen LogP contribution in [-0.2, 0) is 0 Å². The number of thiazole rings is 1. The van der Waals surface area contributed by atoms with Crippen molar-refractivity contribution in [2.24, 2.45) is 0 Å². The van der Waals surface area contributed by atoms with Crippen LogP contribution in [0.1, 0.15) is 43.8 Å². The van der Waals surface area contributed by atoms with Crippen molar-refractivity contribution in [2.75, 3.05) is 0 Å². The molecule has 1 heterocycles. The summed E-state index contributed by atoms with van der Waals surface area (Å²) in [6, 6.07) is 0.618. The van der Waals surface area contributed by atoms with Crippen LogP contribution in [0.4, 0.5) is 0 Å². The monoisotopic (exact) mass is 196 g/mol. The fraction of sp³-hybridized carbons (Fsp3) is 0.700. The first-order valence-corrected chi connectivity index (χ1v) is 5.88. The molecule has 0 aromatic carbocycles. The lowest BCUT2D eigenvalue weighted by atomic mass is 9.95. The van der Waals surface area contributed by atoms with E-state index in [1.807, 2.05) is 0 Å². The van der Waals surface area contributed by atoms with Crippen molar-refractivity contribution in [3.05, 3.63) is 15.9 Å². The standard InChI is InChI=1S/C10H16N2S/c1-8-7-13-10(11)12(8)9-5-3-2-4-6-9/h7,9,11H,2-6H2,1H3. The molecule has 1 aromatic rings. The molecule has 1 N–H and O–H groups in total. The molecule has 2 rings (SSSR count). The van der Waals surface area contributed by atoms with Crippen molar-refractivity contribution in [3.63, 3.8) is 0 Å². The topological polar surface area (TPSA) is 28.8 Å². The quantitative estimate of drug-likeness (QED) is 0.715. The molecule has 2 nitrogen and oxygen atoms in total. The van der Waals surface area contributed by atoms with Gasteiger partial charge in [0.1, 0.15) is 0 Å². The molecular formula is C10H16N2S. The molecule has 1 aliphatic carbocycles. The highest BCUT2D eigenvalue weighted by Crippen LogP contribution is 2.28. The van der Waals surface area contributed by atoms with Crippen molar-refractivity contribution in [3.8, 4) is 0 Å². The predicted octanol–water partition coefficient (Wildman–Crippen LogP) is 2.84. The Morgan fingerprint density at radius 2 is 2.08 bits per heavy atom. The highest BCUT2D eigenvalue weighted by atomic mass is 32.1. The minimum atomic E-state index is 0.618. The molecule has 0 aliphatic heterocycles. The Kier molecular flexibility index (Phi) is 2.54. The van der Waals surface area contributed by atoms with Gasteiger partial charge in [0.15, 0.2) is 4.80 Å². The van der Waals surface area contributed by atoms with E-state index in [0.29, 0.717) is 6.04 Å². The van der Waals surface area contributed by atoms with Crippen molar-refractivity contribution < 1.29 is 0 Å². The molecule has 0 amide bonds. The minimum Gasteiger partial charge on any atom is -0.319 e.